The van der Waals surface area contributed by atoms with Crippen LogP contribution in [0.25, 0.3) is 0 Å². The molecule has 35 heavy (non-hydrogen) atoms. The van der Waals surface area contributed by atoms with Gasteiger partial charge in [0.15, 0.2) is 0 Å². The summed E-state index contributed by atoms with van der Waals surface area (Å²) in [6, 6.07) is 21.7. The number of benzene rings is 3. The summed E-state index contributed by atoms with van der Waals surface area (Å²) in [5.74, 6) is 0.712. The van der Waals surface area contributed by atoms with E-state index in [0.717, 1.165) is 22.4 Å². The quantitative estimate of drug-likeness (QED) is 0.378. The summed E-state index contributed by atoms with van der Waals surface area (Å²) in [5, 5.41) is 2.80. The number of carbonyl (C=O) groups excluding carboxylic acids is 1. The molecule has 0 unspecified atom stereocenters. The summed E-state index contributed by atoms with van der Waals surface area (Å²) in [6.45, 7) is 8.28. The molecule has 0 fully saturated rings. The Morgan fingerprint density at radius 3 is 2.31 bits per heavy atom. The normalized spacial score (nSPS) is 11.3. The number of para-hydroxylation sites is 2. The fourth-order valence-corrected chi connectivity index (χ4v) is 5.28. The average molecular weight is 495 g/mol. The number of ether oxygens (including phenoxy) is 1. The van der Waals surface area contributed by atoms with Crippen LogP contribution in [0.5, 0.6) is 5.75 Å². The van der Waals surface area contributed by atoms with Gasteiger partial charge in [-0.3, -0.25) is 9.10 Å². The minimum absolute atomic E-state index is 0.149. The second-order valence-electron chi connectivity index (χ2n) is 8.70. The van der Waals surface area contributed by atoms with E-state index in [9.17, 15) is 13.2 Å². The number of anilines is 1. The lowest BCUT2D eigenvalue weighted by Gasteiger charge is -2.26. The van der Waals surface area contributed by atoms with Crippen molar-refractivity contribution in [3.8, 4) is 5.75 Å². The van der Waals surface area contributed by atoms with Crippen LogP contribution in [0.15, 0.2) is 77.7 Å². The molecule has 0 aromatic heterocycles. The van der Waals surface area contributed by atoms with E-state index in [-0.39, 0.29) is 24.6 Å². The number of nitrogens with one attached hydrogen (secondary N) is 1. The fraction of sp³-hybridized carbons (Fsp3) is 0.321. The van der Waals surface area contributed by atoms with Crippen LogP contribution in [0.2, 0.25) is 0 Å². The van der Waals surface area contributed by atoms with Crippen molar-refractivity contribution in [2.24, 2.45) is 0 Å². The molecular formula is C28H34N2O4S. The summed E-state index contributed by atoms with van der Waals surface area (Å²) in [7, 11) is -3.95. The molecule has 0 saturated heterocycles. The Labute approximate surface area is 209 Å². The van der Waals surface area contributed by atoms with Crippen molar-refractivity contribution in [3.05, 3.63) is 89.5 Å². The minimum atomic E-state index is -3.95. The fourth-order valence-electron chi connectivity index (χ4n) is 3.82. The van der Waals surface area contributed by atoms with Crippen LogP contribution in [0, 0.1) is 6.92 Å². The van der Waals surface area contributed by atoms with Gasteiger partial charge in [-0.15, -0.1) is 0 Å². The zero-order chi connectivity index (χ0) is 25.4. The molecule has 0 aliphatic heterocycles. The van der Waals surface area contributed by atoms with Gasteiger partial charge in [0.25, 0.3) is 10.0 Å². The van der Waals surface area contributed by atoms with E-state index >= 15 is 0 Å². The molecular weight excluding hydrogens is 460 g/mol. The Morgan fingerprint density at radius 1 is 0.971 bits per heavy atom. The molecule has 186 valence electrons. The number of carbonyl (C=O) groups is 1. The highest BCUT2D eigenvalue weighted by atomic mass is 32.2. The largest absolute Gasteiger partial charge is 0.491 e. The summed E-state index contributed by atoms with van der Waals surface area (Å²) in [4.78, 5) is 13.0. The number of amides is 1. The number of rotatable bonds is 11. The van der Waals surface area contributed by atoms with Gasteiger partial charge >= 0.3 is 0 Å². The van der Waals surface area contributed by atoms with E-state index in [0.29, 0.717) is 18.0 Å². The summed E-state index contributed by atoms with van der Waals surface area (Å²) >= 11 is 0. The second kappa shape index (κ2) is 11.9. The molecule has 0 aliphatic carbocycles. The Kier molecular flexibility index (Phi) is 8.93. The number of aryl methyl sites for hydroxylation is 2. The van der Waals surface area contributed by atoms with Crippen LogP contribution in [-0.2, 0) is 21.2 Å². The first-order chi connectivity index (χ1) is 16.7. The molecule has 0 bridgehead atoms. The van der Waals surface area contributed by atoms with E-state index < -0.39 is 15.9 Å². The maximum atomic E-state index is 13.6. The first kappa shape index (κ1) is 26.3. The van der Waals surface area contributed by atoms with Gasteiger partial charge in [-0.05, 0) is 54.7 Å². The third kappa shape index (κ3) is 6.63. The van der Waals surface area contributed by atoms with Gasteiger partial charge in [0.1, 0.15) is 18.9 Å². The van der Waals surface area contributed by atoms with Crippen molar-refractivity contribution in [1.82, 2.24) is 5.32 Å². The molecule has 3 aromatic rings. The number of sulfonamides is 1. The van der Waals surface area contributed by atoms with Crippen molar-refractivity contribution in [3.63, 3.8) is 0 Å². The Balaban J connectivity index is 1.74. The van der Waals surface area contributed by atoms with Gasteiger partial charge in [-0.25, -0.2) is 8.42 Å². The number of hydrogen-bond acceptors (Lipinski definition) is 4. The van der Waals surface area contributed by atoms with Crippen LogP contribution < -0.4 is 14.4 Å². The maximum absolute atomic E-state index is 13.6. The highest BCUT2D eigenvalue weighted by Crippen LogP contribution is 2.28. The van der Waals surface area contributed by atoms with Crippen molar-refractivity contribution in [2.45, 2.75) is 44.9 Å². The molecule has 0 heterocycles. The van der Waals surface area contributed by atoms with Gasteiger partial charge < -0.3 is 10.1 Å². The first-order valence-electron chi connectivity index (χ1n) is 11.9. The highest BCUT2D eigenvalue weighted by molar-refractivity contribution is 7.92. The average Bonchev–Trinajstić information content (AvgIpc) is 2.85. The van der Waals surface area contributed by atoms with Gasteiger partial charge in [-0.1, -0.05) is 74.9 Å². The standard InChI is InChI=1S/C28H34N2O4S/c1-5-23-10-6-8-12-26(23)30(35(32,33)24-16-14-22(4)15-17-24)20-28(31)29-18-19-34-27-13-9-7-11-25(27)21(2)3/h6-17,21H,5,18-20H2,1-4H3,(H,29,31). The van der Waals surface area contributed by atoms with Gasteiger partial charge in [0, 0.05) is 0 Å². The lowest BCUT2D eigenvalue weighted by Crippen LogP contribution is -2.42. The SMILES string of the molecule is CCc1ccccc1N(CC(=O)NCCOc1ccccc1C(C)C)S(=O)(=O)c1ccc(C)cc1. The van der Waals surface area contributed by atoms with Gasteiger partial charge in [0.05, 0.1) is 17.1 Å². The molecule has 1 amide bonds. The molecule has 0 atom stereocenters. The first-order valence-corrected chi connectivity index (χ1v) is 13.3. The zero-order valence-corrected chi connectivity index (χ0v) is 21.6. The summed E-state index contributed by atoms with van der Waals surface area (Å²) in [5.41, 5.74) is 3.42. The van der Waals surface area contributed by atoms with E-state index in [4.69, 9.17) is 4.74 Å². The smallest absolute Gasteiger partial charge is 0.264 e. The van der Waals surface area contributed by atoms with Crippen LogP contribution in [0.1, 0.15) is 43.4 Å². The molecule has 6 nitrogen and oxygen atoms in total. The molecule has 3 rings (SSSR count). The van der Waals surface area contributed by atoms with Crippen LogP contribution in [0.4, 0.5) is 5.69 Å². The lowest BCUT2D eigenvalue weighted by molar-refractivity contribution is -0.119. The maximum Gasteiger partial charge on any atom is 0.264 e. The van der Waals surface area contributed by atoms with E-state index in [1.807, 2.05) is 50.2 Å². The van der Waals surface area contributed by atoms with Crippen molar-refractivity contribution < 1.29 is 17.9 Å². The molecule has 0 saturated carbocycles. The van der Waals surface area contributed by atoms with Crippen molar-refractivity contribution in [1.29, 1.82) is 0 Å². The Hall–Kier alpha value is -3.32. The predicted molar refractivity (Wildman–Crippen MR) is 141 cm³/mol. The molecule has 0 spiro atoms. The third-order valence-corrected chi connectivity index (χ3v) is 7.53. The van der Waals surface area contributed by atoms with Gasteiger partial charge in [0.2, 0.25) is 5.91 Å². The Bertz CT molecular complexity index is 1240. The van der Waals surface area contributed by atoms with Gasteiger partial charge in [-0.2, -0.15) is 0 Å². The minimum Gasteiger partial charge on any atom is -0.491 e. The van der Waals surface area contributed by atoms with Crippen LogP contribution in [0.3, 0.4) is 0 Å². The molecule has 1 N–H and O–H groups in total. The molecule has 3 aromatic carbocycles. The van der Waals surface area contributed by atoms with E-state index in [1.165, 1.54) is 4.31 Å². The van der Waals surface area contributed by atoms with E-state index in [2.05, 4.69) is 19.2 Å². The summed E-state index contributed by atoms with van der Waals surface area (Å²) in [6.07, 6.45) is 0.640. The number of nitrogens with zero attached hydrogens (tertiary/aromatic N) is 1. The topological polar surface area (TPSA) is 75.7 Å². The lowest BCUT2D eigenvalue weighted by atomic mass is 10.0. The number of hydrogen-bond donors (Lipinski definition) is 1. The van der Waals surface area contributed by atoms with E-state index in [1.54, 1.807) is 36.4 Å². The second-order valence-corrected chi connectivity index (χ2v) is 10.6. The molecule has 7 heteroatoms. The van der Waals surface area contributed by atoms with Crippen molar-refractivity contribution >= 4 is 21.6 Å². The molecule has 0 radical (unpaired) electrons. The predicted octanol–water partition coefficient (Wildman–Crippen LogP) is 5.07. The zero-order valence-electron chi connectivity index (χ0n) is 20.8. The highest BCUT2D eigenvalue weighted by Gasteiger charge is 2.28. The molecule has 0 aliphatic rings. The van der Waals surface area contributed by atoms with Crippen molar-refractivity contribution in [2.75, 3.05) is 24.0 Å². The summed E-state index contributed by atoms with van der Waals surface area (Å²) < 4.78 is 34.2. The van der Waals surface area contributed by atoms with Crippen LogP contribution in [-0.4, -0.2) is 34.0 Å². The third-order valence-electron chi connectivity index (χ3n) is 5.76. The monoisotopic (exact) mass is 494 g/mol. The van der Waals surface area contributed by atoms with Crippen LogP contribution >= 0.6 is 0 Å². The Morgan fingerprint density at radius 2 is 1.63 bits per heavy atom.